The van der Waals surface area contributed by atoms with Crippen molar-refractivity contribution in [2.75, 3.05) is 26.8 Å². The lowest BCUT2D eigenvalue weighted by Gasteiger charge is -2.12. The number of carbonyl (C=O) groups excluding carboxylic acids is 1. The van der Waals surface area contributed by atoms with Crippen LogP contribution in [0, 0.1) is 0 Å². The number of nitrogens with one attached hydrogen (secondary N) is 2. The van der Waals surface area contributed by atoms with Crippen molar-refractivity contribution >= 4 is 18.3 Å². The lowest BCUT2D eigenvalue weighted by molar-refractivity contribution is -0.175. The molecule has 8 heteroatoms. The van der Waals surface area contributed by atoms with Crippen LogP contribution < -0.4 is 10.6 Å². The van der Waals surface area contributed by atoms with Gasteiger partial charge in [-0.25, -0.2) is 0 Å². The Morgan fingerprint density at radius 1 is 1.44 bits per heavy atom. The van der Waals surface area contributed by atoms with E-state index in [4.69, 9.17) is 0 Å². The van der Waals surface area contributed by atoms with Crippen molar-refractivity contribution in [1.29, 1.82) is 0 Å². The highest BCUT2D eigenvalue weighted by atomic mass is 35.5. The second kappa shape index (κ2) is 8.60. The van der Waals surface area contributed by atoms with E-state index < -0.39 is 25.3 Å². The van der Waals surface area contributed by atoms with Crippen LogP contribution in [0.3, 0.4) is 0 Å². The number of hydrogen-bond donors (Lipinski definition) is 2. The van der Waals surface area contributed by atoms with E-state index in [0.717, 1.165) is 0 Å². The number of halogens is 4. The summed E-state index contributed by atoms with van der Waals surface area (Å²) >= 11 is 0. The maximum absolute atomic E-state index is 11.6. The maximum atomic E-state index is 11.6. The van der Waals surface area contributed by atoms with Crippen LogP contribution in [0.4, 0.5) is 13.2 Å². The molecule has 2 N–H and O–H groups in total. The Kier molecular flexibility index (Phi) is 9.60. The van der Waals surface area contributed by atoms with Gasteiger partial charge in [0.1, 0.15) is 13.2 Å². The van der Waals surface area contributed by atoms with Crippen molar-refractivity contribution in [2.24, 2.45) is 0 Å². The summed E-state index contributed by atoms with van der Waals surface area (Å²) in [7, 11) is 1.72. The molecule has 0 saturated heterocycles. The average Bonchev–Trinajstić information content (AvgIpc) is 2.12. The summed E-state index contributed by atoms with van der Waals surface area (Å²) in [6, 6.07) is 0.0663. The summed E-state index contributed by atoms with van der Waals surface area (Å²) in [6.45, 7) is 0.208. The lowest BCUT2D eigenvalue weighted by atomic mass is 10.3. The Morgan fingerprint density at radius 3 is 2.44 bits per heavy atom. The van der Waals surface area contributed by atoms with Crippen molar-refractivity contribution in [3.8, 4) is 0 Å². The van der Waals surface area contributed by atoms with Crippen LogP contribution in [0.2, 0.25) is 0 Å². The van der Waals surface area contributed by atoms with Crippen LogP contribution in [-0.4, -0.2) is 44.9 Å². The fourth-order valence-corrected chi connectivity index (χ4v) is 0.679. The molecule has 4 nitrogen and oxygen atoms in total. The van der Waals surface area contributed by atoms with E-state index in [1.165, 1.54) is 0 Å². The summed E-state index contributed by atoms with van der Waals surface area (Å²) in [4.78, 5) is 10.9. The zero-order chi connectivity index (χ0) is 11.9. The third-order valence-corrected chi connectivity index (χ3v) is 1.60. The first-order chi connectivity index (χ1) is 6.85. The standard InChI is InChI=1S/C8H15F3N2O2.ClH/c1-6(12-2)3-13-7(14)4-15-5-8(9,10)11;/h6,12H,3-5H2,1-2H3,(H,13,14);1H. The first-order valence-corrected chi connectivity index (χ1v) is 4.43. The number of carbonyl (C=O) groups is 1. The number of likely N-dealkylation sites (N-methyl/N-ethyl adjacent to an activating group) is 1. The Morgan fingerprint density at radius 2 is 2.00 bits per heavy atom. The minimum atomic E-state index is -4.39. The van der Waals surface area contributed by atoms with Crippen LogP contribution in [0.15, 0.2) is 0 Å². The molecule has 0 aromatic rings. The van der Waals surface area contributed by atoms with Crippen molar-refractivity contribution in [3.05, 3.63) is 0 Å². The van der Waals surface area contributed by atoms with Gasteiger partial charge in [-0.05, 0) is 14.0 Å². The molecule has 1 unspecified atom stereocenters. The van der Waals surface area contributed by atoms with Gasteiger partial charge in [0, 0.05) is 12.6 Å². The molecule has 16 heavy (non-hydrogen) atoms. The van der Waals surface area contributed by atoms with Crippen LogP contribution in [0.5, 0.6) is 0 Å². The van der Waals surface area contributed by atoms with E-state index in [0.29, 0.717) is 6.54 Å². The number of hydrogen-bond acceptors (Lipinski definition) is 3. The molecular weight excluding hydrogens is 249 g/mol. The maximum Gasteiger partial charge on any atom is 0.411 e. The van der Waals surface area contributed by atoms with Gasteiger partial charge < -0.3 is 15.4 Å². The largest absolute Gasteiger partial charge is 0.411 e. The van der Waals surface area contributed by atoms with Gasteiger partial charge in [0.05, 0.1) is 0 Å². The van der Waals surface area contributed by atoms with Crippen molar-refractivity contribution < 1.29 is 22.7 Å². The molecule has 0 rings (SSSR count). The van der Waals surface area contributed by atoms with Gasteiger partial charge >= 0.3 is 6.18 Å². The van der Waals surface area contributed by atoms with Gasteiger partial charge in [0.25, 0.3) is 0 Å². The number of rotatable bonds is 6. The van der Waals surface area contributed by atoms with Crippen molar-refractivity contribution in [3.63, 3.8) is 0 Å². The second-order valence-electron chi connectivity index (χ2n) is 3.10. The molecule has 98 valence electrons. The first-order valence-electron chi connectivity index (χ1n) is 4.43. The molecule has 0 aliphatic carbocycles. The van der Waals surface area contributed by atoms with Gasteiger partial charge in [-0.15, -0.1) is 12.4 Å². The fourth-order valence-electron chi connectivity index (χ4n) is 0.679. The lowest BCUT2D eigenvalue weighted by Crippen LogP contribution is -2.39. The van der Waals surface area contributed by atoms with Crippen LogP contribution in [0.25, 0.3) is 0 Å². The molecule has 0 aromatic heterocycles. The highest BCUT2D eigenvalue weighted by Crippen LogP contribution is 2.13. The van der Waals surface area contributed by atoms with Crippen molar-refractivity contribution in [1.82, 2.24) is 10.6 Å². The highest BCUT2D eigenvalue weighted by molar-refractivity contribution is 5.85. The Labute approximate surface area is 98.3 Å². The smallest absolute Gasteiger partial charge is 0.362 e. The Bertz CT molecular complexity index is 202. The molecule has 1 atom stereocenters. The van der Waals surface area contributed by atoms with Crippen molar-refractivity contribution in [2.45, 2.75) is 19.1 Å². The van der Waals surface area contributed by atoms with Gasteiger partial charge in [-0.1, -0.05) is 0 Å². The Hall–Kier alpha value is -0.530. The third kappa shape index (κ3) is 11.5. The monoisotopic (exact) mass is 264 g/mol. The molecule has 0 spiro atoms. The first kappa shape index (κ1) is 17.9. The predicted octanol–water partition coefficient (Wildman–Crippen LogP) is 0.711. The summed E-state index contributed by atoms with van der Waals surface area (Å²) < 4.78 is 39.0. The molecule has 0 fully saturated rings. The molecule has 1 amide bonds. The second-order valence-corrected chi connectivity index (χ2v) is 3.10. The number of amides is 1. The molecule has 0 saturated carbocycles. The molecular formula is C8H16ClF3N2O2. The normalized spacial score (nSPS) is 12.8. The van der Waals surface area contributed by atoms with E-state index in [1.54, 1.807) is 7.05 Å². The van der Waals surface area contributed by atoms with Crippen LogP contribution in [-0.2, 0) is 9.53 Å². The van der Waals surface area contributed by atoms with E-state index in [-0.39, 0.29) is 18.4 Å². The summed E-state index contributed by atoms with van der Waals surface area (Å²) in [5.74, 6) is -0.554. The predicted molar refractivity (Wildman–Crippen MR) is 55.7 cm³/mol. The summed E-state index contributed by atoms with van der Waals surface area (Å²) in [5, 5.41) is 5.29. The van der Waals surface area contributed by atoms with E-state index in [1.807, 2.05) is 6.92 Å². The molecule has 0 bridgehead atoms. The molecule has 0 aliphatic heterocycles. The number of alkyl halides is 3. The minimum Gasteiger partial charge on any atom is -0.362 e. The molecule has 0 aromatic carbocycles. The van der Waals surface area contributed by atoms with E-state index >= 15 is 0 Å². The van der Waals surface area contributed by atoms with Crippen LogP contribution in [0.1, 0.15) is 6.92 Å². The minimum absolute atomic E-state index is 0. The van der Waals surface area contributed by atoms with E-state index in [2.05, 4.69) is 15.4 Å². The Balaban J connectivity index is 0. The molecule has 0 radical (unpaired) electrons. The topological polar surface area (TPSA) is 50.4 Å². The molecule has 0 heterocycles. The zero-order valence-corrected chi connectivity index (χ0v) is 9.87. The van der Waals surface area contributed by atoms with Gasteiger partial charge in [-0.2, -0.15) is 13.2 Å². The van der Waals surface area contributed by atoms with Gasteiger partial charge in [0.15, 0.2) is 0 Å². The van der Waals surface area contributed by atoms with Gasteiger partial charge in [-0.3, -0.25) is 4.79 Å². The fraction of sp³-hybridized carbons (Fsp3) is 0.875. The highest BCUT2D eigenvalue weighted by Gasteiger charge is 2.27. The van der Waals surface area contributed by atoms with Gasteiger partial charge in [0.2, 0.25) is 5.91 Å². The van der Waals surface area contributed by atoms with Crippen LogP contribution >= 0.6 is 12.4 Å². The zero-order valence-electron chi connectivity index (χ0n) is 9.06. The summed E-state index contributed by atoms with van der Waals surface area (Å²) in [5.41, 5.74) is 0. The number of ether oxygens (including phenoxy) is 1. The average molecular weight is 265 g/mol. The third-order valence-electron chi connectivity index (χ3n) is 1.60. The quantitative estimate of drug-likeness (QED) is 0.743. The SMILES string of the molecule is CNC(C)CNC(=O)COCC(F)(F)F.Cl. The van der Waals surface area contributed by atoms with E-state index in [9.17, 15) is 18.0 Å². The molecule has 0 aliphatic rings. The summed E-state index contributed by atoms with van der Waals surface area (Å²) in [6.07, 6.45) is -4.39.